The first-order chi connectivity index (χ1) is 14.2. The second kappa shape index (κ2) is 7.51. The molecule has 1 atom stereocenters. The van der Waals surface area contributed by atoms with Gasteiger partial charge >= 0.3 is 5.97 Å². The van der Waals surface area contributed by atoms with Crippen molar-refractivity contribution in [3.63, 3.8) is 0 Å². The summed E-state index contributed by atoms with van der Waals surface area (Å²) in [6, 6.07) is 3.63. The predicted octanol–water partition coefficient (Wildman–Crippen LogP) is 4.25. The maximum Gasteiger partial charge on any atom is 0.337 e. The average molecular weight is 428 g/mol. The van der Waals surface area contributed by atoms with Gasteiger partial charge in [0.2, 0.25) is 0 Å². The van der Waals surface area contributed by atoms with Crippen LogP contribution in [0.2, 0.25) is 0 Å². The van der Waals surface area contributed by atoms with Crippen molar-refractivity contribution in [2.45, 2.75) is 65.9 Å². The van der Waals surface area contributed by atoms with E-state index >= 15 is 0 Å². The monoisotopic (exact) mass is 428 g/mol. The molecular formula is C23H28N2O6. The number of carbonyl (C=O) groups excluding carboxylic acids is 2. The molecule has 1 aromatic rings. The summed E-state index contributed by atoms with van der Waals surface area (Å²) < 4.78 is 5.60. The van der Waals surface area contributed by atoms with E-state index in [1.54, 1.807) is 27.7 Å². The Hall–Kier alpha value is -3.16. The fraction of sp³-hybridized carbons (Fsp3) is 0.478. The van der Waals surface area contributed by atoms with Crippen LogP contribution in [-0.4, -0.2) is 27.4 Å². The summed E-state index contributed by atoms with van der Waals surface area (Å²) in [5, 5.41) is 25.2. The van der Waals surface area contributed by atoms with Gasteiger partial charge in [0.1, 0.15) is 11.4 Å². The van der Waals surface area contributed by atoms with E-state index in [1.165, 1.54) is 18.2 Å². The minimum atomic E-state index is -0.974. The molecule has 0 fully saturated rings. The third-order valence-corrected chi connectivity index (χ3v) is 5.66. The van der Waals surface area contributed by atoms with Gasteiger partial charge in [-0.1, -0.05) is 13.8 Å². The van der Waals surface area contributed by atoms with Crippen molar-refractivity contribution in [3.8, 4) is 5.75 Å². The summed E-state index contributed by atoms with van der Waals surface area (Å²) in [6.07, 6.45) is 1.21. The first kappa shape index (κ1) is 22.5. The number of rotatable bonds is 3. The molecule has 2 N–H and O–H groups in total. The van der Waals surface area contributed by atoms with E-state index in [-0.39, 0.29) is 28.4 Å². The summed E-state index contributed by atoms with van der Waals surface area (Å²) in [4.78, 5) is 37.5. The largest absolute Gasteiger partial charge is 0.508 e. The number of benzene rings is 1. The van der Waals surface area contributed by atoms with Gasteiger partial charge in [0.15, 0.2) is 5.78 Å². The maximum atomic E-state index is 13.5. The lowest BCUT2D eigenvalue weighted by Crippen LogP contribution is -2.41. The van der Waals surface area contributed by atoms with Gasteiger partial charge < -0.3 is 15.2 Å². The van der Waals surface area contributed by atoms with E-state index in [4.69, 9.17) is 4.74 Å². The molecule has 0 saturated carbocycles. The summed E-state index contributed by atoms with van der Waals surface area (Å²) in [5.74, 6) is -2.01. The van der Waals surface area contributed by atoms with Crippen molar-refractivity contribution in [1.82, 2.24) is 5.32 Å². The predicted molar refractivity (Wildman–Crippen MR) is 114 cm³/mol. The minimum absolute atomic E-state index is 0.134. The molecule has 0 bridgehead atoms. The number of hydrogen-bond donors (Lipinski definition) is 2. The second-order valence-electron chi connectivity index (χ2n) is 9.70. The van der Waals surface area contributed by atoms with E-state index in [1.807, 2.05) is 13.8 Å². The van der Waals surface area contributed by atoms with Crippen LogP contribution in [-0.2, 0) is 14.3 Å². The summed E-state index contributed by atoms with van der Waals surface area (Å²) in [5.41, 5.74) is 0.117. The summed E-state index contributed by atoms with van der Waals surface area (Å²) >= 11 is 0. The Morgan fingerprint density at radius 3 is 2.55 bits per heavy atom. The van der Waals surface area contributed by atoms with Gasteiger partial charge in [-0.15, -0.1) is 0 Å². The highest BCUT2D eigenvalue weighted by Gasteiger charge is 2.46. The zero-order valence-corrected chi connectivity index (χ0v) is 18.7. The number of allylic oxidation sites excluding steroid dienone is 3. The Balaban J connectivity index is 2.27. The molecule has 0 amide bonds. The van der Waals surface area contributed by atoms with Crippen LogP contribution in [0.3, 0.4) is 0 Å². The molecule has 0 aromatic heterocycles. The smallest absolute Gasteiger partial charge is 0.337 e. The van der Waals surface area contributed by atoms with Gasteiger partial charge in [-0.2, -0.15) is 0 Å². The average Bonchev–Trinajstić information content (AvgIpc) is 2.63. The van der Waals surface area contributed by atoms with Crippen molar-refractivity contribution < 1.29 is 24.4 Å². The maximum absolute atomic E-state index is 13.5. The van der Waals surface area contributed by atoms with Crippen LogP contribution in [0.4, 0.5) is 5.69 Å². The van der Waals surface area contributed by atoms with Gasteiger partial charge in [0.05, 0.1) is 16.4 Å². The topological polar surface area (TPSA) is 119 Å². The number of hydrogen-bond acceptors (Lipinski definition) is 7. The quantitative estimate of drug-likeness (QED) is 0.420. The number of nitro groups is 1. The molecular weight excluding hydrogens is 400 g/mol. The van der Waals surface area contributed by atoms with Crippen molar-refractivity contribution in [3.05, 3.63) is 56.4 Å². The van der Waals surface area contributed by atoms with E-state index in [0.29, 0.717) is 29.8 Å². The Morgan fingerprint density at radius 2 is 1.97 bits per heavy atom. The minimum Gasteiger partial charge on any atom is -0.508 e. The van der Waals surface area contributed by atoms with Crippen LogP contribution < -0.4 is 5.32 Å². The van der Waals surface area contributed by atoms with Crippen molar-refractivity contribution in [2.75, 3.05) is 0 Å². The zero-order chi connectivity index (χ0) is 23.3. The molecule has 31 heavy (non-hydrogen) atoms. The highest BCUT2D eigenvalue weighted by Crippen LogP contribution is 2.49. The number of Topliss-reactive ketones (excluding diaryl/α,β-unsaturated/α-hetero) is 1. The number of carbonyl (C=O) groups is 2. The second-order valence-corrected chi connectivity index (χ2v) is 9.70. The zero-order valence-electron chi connectivity index (χ0n) is 18.7. The Labute approximate surface area is 181 Å². The number of aromatic hydroxyl groups is 1. The summed E-state index contributed by atoms with van der Waals surface area (Å²) in [6.45, 7) is 10.6. The number of phenolic OH excluding ortho intramolecular Hbond substituents is 1. The molecule has 1 aliphatic carbocycles. The molecule has 2 aliphatic rings. The third-order valence-electron chi connectivity index (χ3n) is 5.66. The fourth-order valence-corrected chi connectivity index (χ4v) is 4.08. The number of non-ortho nitro benzene ring substituents is 1. The van der Waals surface area contributed by atoms with Crippen LogP contribution in [0, 0.1) is 15.5 Å². The van der Waals surface area contributed by atoms with Crippen LogP contribution in [0.1, 0.15) is 65.9 Å². The third kappa shape index (κ3) is 4.19. The number of ether oxygens (including phenoxy) is 1. The molecule has 166 valence electrons. The number of nitrogens with one attached hydrogen (secondary N) is 1. The van der Waals surface area contributed by atoms with Crippen LogP contribution in [0.25, 0.3) is 0 Å². The van der Waals surface area contributed by atoms with E-state index in [9.17, 15) is 24.8 Å². The van der Waals surface area contributed by atoms with Gasteiger partial charge in [0, 0.05) is 40.1 Å². The fourth-order valence-electron chi connectivity index (χ4n) is 4.08. The molecule has 1 aliphatic heterocycles. The number of esters is 1. The first-order valence-electron chi connectivity index (χ1n) is 10.2. The highest BCUT2D eigenvalue weighted by molar-refractivity contribution is 6.06. The molecule has 1 aromatic carbocycles. The lowest BCUT2D eigenvalue weighted by atomic mass is 9.67. The van der Waals surface area contributed by atoms with E-state index < -0.39 is 27.8 Å². The Bertz CT molecular complexity index is 1040. The lowest BCUT2D eigenvalue weighted by molar-refractivity contribution is -0.384. The number of nitro benzene ring substituents is 1. The molecule has 1 unspecified atom stereocenters. The van der Waals surface area contributed by atoms with Crippen molar-refractivity contribution in [2.24, 2.45) is 5.41 Å². The number of phenols is 1. The molecule has 1 heterocycles. The van der Waals surface area contributed by atoms with Crippen LogP contribution in [0.15, 0.2) is 40.7 Å². The van der Waals surface area contributed by atoms with Crippen LogP contribution >= 0.6 is 0 Å². The molecule has 8 nitrogen and oxygen atoms in total. The van der Waals surface area contributed by atoms with Crippen molar-refractivity contribution >= 4 is 17.4 Å². The highest BCUT2D eigenvalue weighted by atomic mass is 16.6. The number of nitrogens with zero attached hydrogens (tertiary/aromatic N) is 1. The number of ketones is 1. The molecule has 0 spiro atoms. The molecule has 0 radical (unpaired) electrons. The first-order valence-corrected chi connectivity index (χ1v) is 10.2. The SMILES string of the molecule is CC1=C(C(=O)OC(C)(C)C)C(c2cc([N+](=O)[O-])ccc2O)C2=C(CCC(C)(C)C2=O)N1. The summed E-state index contributed by atoms with van der Waals surface area (Å²) in [7, 11) is 0. The normalized spacial score (nSPS) is 20.8. The van der Waals surface area contributed by atoms with Gasteiger partial charge in [-0.3, -0.25) is 14.9 Å². The van der Waals surface area contributed by atoms with Crippen LogP contribution in [0.5, 0.6) is 5.75 Å². The molecule has 8 heteroatoms. The van der Waals surface area contributed by atoms with E-state index in [0.717, 1.165) is 0 Å². The molecule has 0 saturated heterocycles. The lowest BCUT2D eigenvalue weighted by Gasteiger charge is -2.40. The standard InChI is InChI=1S/C23H28N2O6/c1-12-17(21(28)31-22(2,3)4)18(14-11-13(25(29)30)7-8-16(14)26)19-15(24-12)9-10-23(5,6)20(19)27/h7-8,11,18,24,26H,9-10H2,1-6H3. The van der Waals surface area contributed by atoms with E-state index in [2.05, 4.69) is 5.32 Å². The molecule has 3 rings (SSSR count). The van der Waals surface area contributed by atoms with Gasteiger partial charge in [-0.25, -0.2) is 4.79 Å². The van der Waals surface area contributed by atoms with Gasteiger partial charge in [0.25, 0.3) is 5.69 Å². The number of dihydropyridines is 1. The van der Waals surface area contributed by atoms with Gasteiger partial charge in [-0.05, 0) is 46.6 Å². The Kier molecular flexibility index (Phi) is 5.46. The van der Waals surface area contributed by atoms with Crippen molar-refractivity contribution in [1.29, 1.82) is 0 Å². The Morgan fingerprint density at radius 1 is 1.32 bits per heavy atom.